The molecule has 3 nitrogen and oxygen atoms in total. The smallest absolute Gasteiger partial charge is 0.192 e. The molecule has 1 atom stereocenters. The zero-order valence-corrected chi connectivity index (χ0v) is 18.9. The third-order valence-electron chi connectivity index (χ3n) is 3.80. The Kier molecular flexibility index (Phi) is 10.2. The molecular weight excluding hydrogens is 423 g/mol. The lowest BCUT2D eigenvalue weighted by Crippen LogP contribution is -2.09. The number of thiophene rings is 1. The lowest BCUT2D eigenvalue weighted by molar-refractivity contribution is 0.486. The van der Waals surface area contributed by atoms with Crippen LogP contribution in [0, 0.1) is 11.3 Å². The second kappa shape index (κ2) is 12.7. The number of benzene rings is 1. The van der Waals surface area contributed by atoms with E-state index in [9.17, 15) is 14.2 Å². The summed E-state index contributed by atoms with van der Waals surface area (Å²) in [5.74, 6) is 0.432. The molecule has 0 spiro atoms. The zero-order valence-electron chi connectivity index (χ0n) is 16.5. The fraction of sp³-hybridized carbons (Fsp3) is 0.273. The molecular formula is C22H24FN2OS3+. The van der Waals surface area contributed by atoms with Crippen molar-refractivity contribution in [2.45, 2.75) is 25.3 Å². The van der Waals surface area contributed by atoms with E-state index < -0.39 is 17.9 Å². The van der Waals surface area contributed by atoms with Crippen molar-refractivity contribution in [3.05, 3.63) is 59.5 Å². The van der Waals surface area contributed by atoms with Crippen molar-refractivity contribution in [1.82, 2.24) is 4.98 Å². The van der Waals surface area contributed by atoms with E-state index in [0.717, 1.165) is 21.7 Å². The molecule has 0 aliphatic rings. The monoisotopic (exact) mass is 447 g/mol. The quantitative estimate of drug-likeness (QED) is 0.302. The maximum atomic E-state index is 12.3. The number of aromatic nitrogens is 1. The first-order chi connectivity index (χ1) is 14.2. The Morgan fingerprint density at radius 3 is 2.59 bits per heavy atom. The van der Waals surface area contributed by atoms with Crippen LogP contribution >= 0.6 is 23.1 Å². The highest BCUT2D eigenvalue weighted by atomic mass is 32.3. The first-order valence-corrected chi connectivity index (χ1v) is 12.7. The van der Waals surface area contributed by atoms with Gasteiger partial charge in [0.05, 0.1) is 22.8 Å². The van der Waals surface area contributed by atoms with Crippen LogP contribution in [-0.4, -0.2) is 27.0 Å². The summed E-state index contributed by atoms with van der Waals surface area (Å²) in [5, 5.41) is 12.8. The molecule has 7 heteroatoms. The molecule has 0 radical (unpaired) electrons. The summed E-state index contributed by atoms with van der Waals surface area (Å²) >= 11 is 2.06. The molecule has 1 N–H and O–H groups in total. The molecule has 0 amide bonds. The number of nitriles is 1. The molecule has 3 aromatic rings. The van der Waals surface area contributed by atoms with Gasteiger partial charge in [-0.1, -0.05) is 50.2 Å². The number of hydrogen-bond acceptors (Lipinski definition) is 5. The van der Waals surface area contributed by atoms with E-state index >= 15 is 0 Å². The lowest BCUT2D eigenvalue weighted by Gasteiger charge is -2.11. The summed E-state index contributed by atoms with van der Waals surface area (Å²) in [4.78, 5) is 5.72. The minimum atomic E-state index is -0.899. The number of pyridine rings is 1. The SMILES string of the molecule is CC.N#Cc1c(-c2ccccc2)cc(-c2cccs2)nc1SC[S+](O)CCCF. The minimum absolute atomic E-state index is 0.350. The van der Waals surface area contributed by atoms with Crippen molar-refractivity contribution in [3.8, 4) is 27.8 Å². The van der Waals surface area contributed by atoms with E-state index in [4.69, 9.17) is 4.98 Å². The Morgan fingerprint density at radius 1 is 1.21 bits per heavy atom. The van der Waals surface area contributed by atoms with Crippen molar-refractivity contribution >= 4 is 34.3 Å². The van der Waals surface area contributed by atoms with Gasteiger partial charge in [-0.15, -0.1) is 11.3 Å². The number of hydrogen-bond donors (Lipinski definition) is 1. The first-order valence-electron chi connectivity index (χ1n) is 9.32. The van der Waals surface area contributed by atoms with Crippen LogP contribution in [0.2, 0.25) is 0 Å². The molecule has 0 saturated carbocycles. The van der Waals surface area contributed by atoms with Crippen LogP contribution < -0.4 is 0 Å². The number of rotatable bonds is 8. The molecule has 0 bridgehead atoms. The summed E-state index contributed by atoms with van der Waals surface area (Å²) in [6.07, 6.45) is 0.350. The third-order valence-corrected chi connectivity index (χ3v) is 7.58. The Morgan fingerprint density at radius 2 is 1.97 bits per heavy atom. The zero-order chi connectivity index (χ0) is 21.1. The summed E-state index contributed by atoms with van der Waals surface area (Å²) in [7, 11) is 0. The second-order valence-electron chi connectivity index (χ2n) is 5.66. The molecule has 0 aliphatic carbocycles. The number of nitrogens with zero attached hydrogens (tertiary/aromatic N) is 2. The van der Waals surface area contributed by atoms with Gasteiger partial charge in [-0.05, 0) is 34.8 Å². The Hall–Kier alpha value is -1.85. The normalized spacial score (nSPS) is 11.3. The summed E-state index contributed by atoms with van der Waals surface area (Å²) in [5.41, 5.74) is 3.11. The molecule has 3 rings (SSSR count). The minimum Gasteiger partial charge on any atom is -0.251 e. The predicted octanol–water partition coefficient (Wildman–Crippen LogP) is 6.88. The molecule has 1 aromatic carbocycles. The predicted molar refractivity (Wildman–Crippen MR) is 125 cm³/mol. The lowest BCUT2D eigenvalue weighted by atomic mass is 10.0. The van der Waals surface area contributed by atoms with Crippen LogP contribution in [0.3, 0.4) is 0 Å². The standard InChI is InChI=1S/C20H18FN2OS3.C2H6/c21-9-5-11-27(24)14-26-20-17(13-22)16(15-6-2-1-3-7-15)12-18(23-20)19-8-4-10-25-19;1-2/h1-4,6-8,10,12,24H,5,9,11,14H2;1-2H3/q+1;. The summed E-state index contributed by atoms with van der Waals surface area (Å²) < 4.78 is 22.4. The van der Waals surface area contributed by atoms with Gasteiger partial charge in [-0.2, -0.15) is 9.81 Å². The highest BCUT2D eigenvalue weighted by Crippen LogP contribution is 2.35. The maximum Gasteiger partial charge on any atom is 0.192 e. The highest BCUT2D eigenvalue weighted by molar-refractivity contribution is 8.12. The van der Waals surface area contributed by atoms with Gasteiger partial charge in [-0.25, -0.2) is 4.98 Å². The van der Waals surface area contributed by atoms with Crippen LogP contribution in [0.5, 0.6) is 0 Å². The fourth-order valence-electron chi connectivity index (χ4n) is 2.53. The van der Waals surface area contributed by atoms with Gasteiger partial charge in [0.25, 0.3) is 0 Å². The van der Waals surface area contributed by atoms with E-state index in [1.165, 1.54) is 11.8 Å². The van der Waals surface area contributed by atoms with Crippen LogP contribution in [0.4, 0.5) is 4.39 Å². The van der Waals surface area contributed by atoms with Gasteiger partial charge >= 0.3 is 0 Å². The van der Waals surface area contributed by atoms with Crippen molar-refractivity contribution in [3.63, 3.8) is 0 Å². The van der Waals surface area contributed by atoms with E-state index in [2.05, 4.69) is 6.07 Å². The number of thioether (sulfide) groups is 1. The van der Waals surface area contributed by atoms with Crippen molar-refractivity contribution < 1.29 is 8.94 Å². The Balaban J connectivity index is 0.00000145. The molecule has 2 heterocycles. The van der Waals surface area contributed by atoms with Crippen molar-refractivity contribution in [2.75, 3.05) is 17.5 Å². The first kappa shape index (κ1) is 23.4. The molecule has 0 saturated heterocycles. The molecule has 1 unspecified atom stereocenters. The molecule has 152 valence electrons. The topological polar surface area (TPSA) is 56.9 Å². The third kappa shape index (κ3) is 6.58. The van der Waals surface area contributed by atoms with E-state index in [1.54, 1.807) is 11.3 Å². The van der Waals surface area contributed by atoms with Gasteiger partial charge in [0, 0.05) is 12.0 Å². The van der Waals surface area contributed by atoms with Crippen LogP contribution in [0.1, 0.15) is 25.8 Å². The Labute approximate surface area is 183 Å². The van der Waals surface area contributed by atoms with Gasteiger partial charge in [0.2, 0.25) is 0 Å². The van der Waals surface area contributed by atoms with Crippen LogP contribution in [-0.2, 0) is 11.2 Å². The maximum absolute atomic E-state index is 12.3. The second-order valence-corrected chi connectivity index (χ2v) is 9.56. The van der Waals surface area contributed by atoms with Crippen molar-refractivity contribution in [2.24, 2.45) is 0 Å². The largest absolute Gasteiger partial charge is 0.251 e. The Bertz CT molecular complexity index is 912. The van der Waals surface area contributed by atoms with Crippen molar-refractivity contribution in [1.29, 1.82) is 5.26 Å². The fourth-order valence-corrected chi connectivity index (χ4v) is 5.59. The average molecular weight is 448 g/mol. The molecule has 0 aliphatic heterocycles. The summed E-state index contributed by atoms with van der Waals surface area (Å²) in [6.45, 7) is 3.57. The van der Waals surface area contributed by atoms with Gasteiger partial charge in [0.1, 0.15) is 16.8 Å². The highest BCUT2D eigenvalue weighted by Gasteiger charge is 2.21. The van der Waals surface area contributed by atoms with E-state index in [0.29, 0.717) is 27.8 Å². The van der Waals surface area contributed by atoms with Gasteiger partial charge in [-0.3, -0.25) is 4.39 Å². The molecule has 29 heavy (non-hydrogen) atoms. The molecule has 0 fully saturated rings. The van der Waals surface area contributed by atoms with Crippen LogP contribution in [0.25, 0.3) is 21.7 Å². The van der Waals surface area contributed by atoms with Crippen LogP contribution in [0.15, 0.2) is 58.9 Å². The van der Waals surface area contributed by atoms with E-state index in [1.807, 2.05) is 67.8 Å². The van der Waals surface area contributed by atoms with Gasteiger partial charge < -0.3 is 0 Å². The number of halogens is 1. The van der Waals surface area contributed by atoms with Gasteiger partial charge in [0.15, 0.2) is 16.3 Å². The molecule has 2 aromatic heterocycles. The average Bonchev–Trinajstić information content (AvgIpc) is 3.32. The number of alkyl halides is 1. The van der Waals surface area contributed by atoms with E-state index in [-0.39, 0.29) is 0 Å². The summed E-state index contributed by atoms with van der Waals surface area (Å²) in [6, 6.07) is 18.0.